The van der Waals surface area contributed by atoms with E-state index in [0.29, 0.717) is 6.54 Å². The summed E-state index contributed by atoms with van der Waals surface area (Å²) in [5, 5.41) is 0. The summed E-state index contributed by atoms with van der Waals surface area (Å²) >= 11 is 0. The Bertz CT molecular complexity index is 602. The highest BCUT2D eigenvalue weighted by atomic mass is 16.2. The van der Waals surface area contributed by atoms with E-state index in [1.807, 2.05) is 30.2 Å². The molecule has 0 bridgehead atoms. The first-order valence-electron chi connectivity index (χ1n) is 7.28. The van der Waals surface area contributed by atoms with E-state index >= 15 is 0 Å². The van der Waals surface area contributed by atoms with Crippen LogP contribution < -0.4 is 0 Å². The lowest BCUT2D eigenvalue weighted by Crippen LogP contribution is -2.33. The Balaban J connectivity index is 2.57. The summed E-state index contributed by atoms with van der Waals surface area (Å²) < 4.78 is 0. The number of benzene rings is 1. The second-order valence-corrected chi connectivity index (χ2v) is 5.41. The summed E-state index contributed by atoms with van der Waals surface area (Å²) in [6.45, 7) is 8.46. The van der Waals surface area contributed by atoms with E-state index in [1.54, 1.807) is 13.1 Å². The molecule has 0 aliphatic heterocycles. The molecule has 0 aliphatic carbocycles. The van der Waals surface area contributed by atoms with Crippen molar-refractivity contribution in [3.8, 4) is 0 Å². The van der Waals surface area contributed by atoms with E-state index in [-0.39, 0.29) is 11.9 Å². The van der Waals surface area contributed by atoms with E-state index in [9.17, 15) is 4.79 Å². The van der Waals surface area contributed by atoms with Crippen LogP contribution in [0.15, 0.2) is 42.7 Å². The normalized spacial score (nSPS) is 12.0. The number of amides is 1. The number of hydrogen-bond acceptors (Lipinski definition) is 2. The lowest BCUT2D eigenvalue weighted by Gasteiger charge is -2.31. The van der Waals surface area contributed by atoms with Crippen LogP contribution >= 0.6 is 0 Å². The van der Waals surface area contributed by atoms with Crippen molar-refractivity contribution in [1.82, 2.24) is 9.88 Å². The maximum Gasteiger partial charge on any atom is 0.220 e. The minimum absolute atomic E-state index is 0.0745. The van der Waals surface area contributed by atoms with Gasteiger partial charge in [0.2, 0.25) is 5.91 Å². The average Bonchev–Trinajstić information content (AvgIpc) is 2.44. The summed E-state index contributed by atoms with van der Waals surface area (Å²) in [6, 6.07) is 10.3. The zero-order chi connectivity index (χ0) is 15.4. The Labute approximate surface area is 126 Å². The molecule has 0 fully saturated rings. The predicted octanol–water partition coefficient (Wildman–Crippen LogP) is 3.66. The molecule has 1 amide bonds. The minimum atomic E-state index is -0.0835. The van der Waals surface area contributed by atoms with Crippen molar-refractivity contribution in [2.45, 2.75) is 33.7 Å². The fraction of sp³-hybridized carbons (Fsp3) is 0.333. The number of carbonyl (C=O) groups excluding carboxylic acids is 1. The van der Waals surface area contributed by atoms with Gasteiger partial charge in [-0.3, -0.25) is 9.78 Å². The molecule has 0 saturated carbocycles. The smallest absolute Gasteiger partial charge is 0.220 e. The highest BCUT2D eigenvalue weighted by molar-refractivity contribution is 5.74. The minimum Gasteiger partial charge on any atom is -0.332 e. The van der Waals surface area contributed by atoms with Gasteiger partial charge in [-0.2, -0.15) is 0 Å². The van der Waals surface area contributed by atoms with Gasteiger partial charge in [0.25, 0.3) is 0 Å². The summed E-state index contributed by atoms with van der Waals surface area (Å²) in [7, 11) is 0. The molecule has 21 heavy (non-hydrogen) atoms. The zero-order valence-corrected chi connectivity index (χ0v) is 13.1. The Morgan fingerprint density at radius 3 is 2.33 bits per heavy atom. The third kappa shape index (κ3) is 3.48. The quantitative estimate of drug-likeness (QED) is 0.857. The predicted molar refractivity (Wildman–Crippen MR) is 85.1 cm³/mol. The standard InChI is InChI=1S/C18H22N2O/c1-5-20(15(4)21)18(16-7-6-8-19-12-16)17-10-13(2)9-14(3)11-17/h6-12,18H,5H2,1-4H3/t18-/m0/s1. The Morgan fingerprint density at radius 2 is 1.86 bits per heavy atom. The first kappa shape index (κ1) is 15.2. The van der Waals surface area contributed by atoms with Crippen LogP contribution in [-0.2, 0) is 4.79 Å². The summed E-state index contributed by atoms with van der Waals surface area (Å²) in [4.78, 5) is 18.1. The van der Waals surface area contributed by atoms with Crippen LogP contribution in [0.4, 0.5) is 0 Å². The zero-order valence-electron chi connectivity index (χ0n) is 13.1. The second-order valence-electron chi connectivity index (χ2n) is 5.41. The van der Waals surface area contributed by atoms with Gasteiger partial charge in [0.05, 0.1) is 6.04 Å². The van der Waals surface area contributed by atoms with E-state index < -0.39 is 0 Å². The molecule has 1 aromatic heterocycles. The number of pyridine rings is 1. The molecule has 0 unspecified atom stereocenters. The molecule has 3 heteroatoms. The van der Waals surface area contributed by atoms with E-state index in [2.05, 4.69) is 37.0 Å². The molecule has 1 atom stereocenters. The Morgan fingerprint density at radius 1 is 1.19 bits per heavy atom. The molecule has 0 radical (unpaired) electrons. The first-order valence-corrected chi connectivity index (χ1v) is 7.28. The summed E-state index contributed by atoms with van der Waals surface area (Å²) in [5.74, 6) is 0.0745. The molecular formula is C18H22N2O. The molecule has 3 nitrogen and oxygen atoms in total. The van der Waals surface area contributed by atoms with Crippen LogP contribution in [0.25, 0.3) is 0 Å². The van der Waals surface area contributed by atoms with E-state index in [1.165, 1.54) is 11.1 Å². The number of aromatic nitrogens is 1. The molecular weight excluding hydrogens is 260 g/mol. The van der Waals surface area contributed by atoms with Gasteiger partial charge < -0.3 is 4.90 Å². The second kappa shape index (κ2) is 6.53. The molecule has 0 spiro atoms. The number of carbonyl (C=O) groups is 1. The molecule has 2 aromatic rings. The van der Waals surface area contributed by atoms with Crippen molar-refractivity contribution < 1.29 is 4.79 Å². The van der Waals surface area contributed by atoms with Crippen molar-refractivity contribution in [2.24, 2.45) is 0 Å². The van der Waals surface area contributed by atoms with Gasteiger partial charge in [0, 0.05) is 25.9 Å². The third-order valence-electron chi connectivity index (χ3n) is 3.62. The maximum atomic E-state index is 12.0. The Kier molecular flexibility index (Phi) is 4.73. The lowest BCUT2D eigenvalue weighted by atomic mass is 9.95. The molecule has 0 aliphatic rings. The largest absolute Gasteiger partial charge is 0.332 e. The van der Waals surface area contributed by atoms with Crippen molar-refractivity contribution >= 4 is 5.91 Å². The van der Waals surface area contributed by atoms with Crippen LogP contribution in [0.5, 0.6) is 0 Å². The van der Waals surface area contributed by atoms with Crippen molar-refractivity contribution in [3.05, 3.63) is 65.0 Å². The Hall–Kier alpha value is -2.16. The van der Waals surface area contributed by atoms with Crippen molar-refractivity contribution in [3.63, 3.8) is 0 Å². The average molecular weight is 282 g/mol. The van der Waals surface area contributed by atoms with Gasteiger partial charge in [-0.25, -0.2) is 0 Å². The monoisotopic (exact) mass is 282 g/mol. The highest BCUT2D eigenvalue weighted by Gasteiger charge is 2.23. The first-order chi connectivity index (χ1) is 10.0. The summed E-state index contributed by atoms with van der Waals surface area (Å²) in [6.07, 6.45) is 3.60. The van der Waals surface area contributed by atoms with Crippen molar-refractivity contribution in [1.29, 1.82) is 0 Å². The third-order valence-corrected chi connectivity index (χ3v) is 3.62. The maximum absolute atomic E-state index is 12.0. The van der Waals surface area contributed by atoms with Gasteiger partial charge in [-0.05, 0) is 38.0 Å². The van der Waals surface area contributed by atoms with Gasteiger partial charge in [0.15, 0.2) is 0 Å². The lowest BCUT2D eigenvalue weighted by molar-refractivity contribution is -0.130. The van der Waals surface area contributed by atoms with Crippen LogP contribution in [-0.4, -0.2) is 22.3 Å². The van der Waals surface area contributed by atoms with Crippen LogP contribution in [0, 0.1) is 13.8 Å². The number of rotatable bonds is 4. The molecule has 1 heterocycles. The van der Waals surface area contributed by atoms with E-state index in [4.69, 9.17) is 0 Å². The summed E-state index contributed by atoms with van der Waals surface area (Å²) in [5.41, 5.74) is 4.59. The van der Waals surface area contributed by atoms with Gasteiger partial charge in [-0.15, -0.1) is 0 Å². The molecule has 2 rings (SSSR count). The van der Waals surface area contributed by atoms with Crippen LogP contribution in [0.2, 0.25) is 0 Å². The molecule has 1 aromatic carbocycles. The van der Waals surface area contributed by atoms with Gasteiger partial charge in [0.1, 0.15) is 0 Å². The van der Waals surface area contributed by atoms with Crippen molar-refractivity contribution in [2.75, 3.05) is 6.54 Å². The number of nitrogens with zero attached hydrogens (tertiary/aromatic N) is 2. The molecule has 0 N–H and O–H groups in total. The van der Waals surface area contributed by atoms with Crippen LogP contribution in [0.1, 0.15) is 42.1 Å². The SMILES string of the molecule is CCN(C(C)=O)[C@@H](c1cccnc1)c1cc(C)cc(C)c1. The highest BCUT2D eigenvalue weighted by Crippen LogP contribution is 2.29. The van der Waals surface area contributed by atoms with Crippen LogP contribution in [0.3, 0.4) is 0 Å². The van der Waals surface area contributed by atoms with Gasteiger partial charge in [-0.1, -0.05) is 35.4 Å². The van der Waals surface area contributed by atoms with E-state index in [0.717, 1.165) is 11.1 Å². The topological polar surface area (TPSA) is 33.2 Å². The number of aryl methyl sites for hydroxylation is 2. The fourth-order valence-electron chi connectivity index (χ4n) is 2.84. The number of hydrogen-bond donors (Lipinski definition) is 0. The fourth-order valence-corrected chi connectivity index (χ4v) is 2.84. The molecule has 0 saturated heterocycles. The molecule has 110 valence electrons. The van der Waals surface area contributed by atoms with Gasteiger partial charge >= 0.3 is 0 Å².